The van der Waals surface area contributed by atoms with Crippen LogP contribution in [0.2, 0.25) is 0 Å². The number of carbonyl (C=O) groups is 1. The SMILES string of the molecule is CCSc1ccc(C(=O)O)nc1. The van der Waals surface area contributed by atoms with Gasteiger partial charge in [-0.25, -0.2) is 9.78 Å². The molecule has 1 aromatic rings. The summed E-state index contributed by atoms with van der Waals surface area (Å²) in [6, 6.07) is 3.28. The highest BCUT2D eigenvalue weighted by Crippen LogP contribution is 2.15. The summed E-state index contributed by atoms with van der Waals surface area (Å²) in [5, 5.41) is 8.54. The Morgan fingerprint density at radius 2 is 2.42 bits per heavy atom. The molecule has 1 heterocycles. The van der Waals surface area contributed by atoms with Crippen LogP contribution in [0.3, 0.4) is 0 Å². The third kappa shape index (κ3) is 2.23. The number of carboxylic acid groups (broad SMARTS) is 1. The van der Waals surface area contributed by atoms with Crippen molar-refractivity contribution in [2.24, 2.45) is 0 Å². The highest BCUT2D eigenvalue weighted by atomic mass is 32.2. The average molecular weight is 183 g/mol. The van der Waals surface area contributed by atoms with E-state index in [9.17, 15) is 4.79 Å². The molecule has 0 saturated heterocycles. The smallest absolute Gasteiger partial charge is 0.354 e. The fourth-order valence-corrected chi connectivity index (χ4v) is 1.38. The minimum Gasteiger partial charge on any atom is -0.477 e. The number of rotatable bonds is 3. The molecule has 0 saturated carbocycles. The summed E-state index contributed by atoms with van der Waals surface area (Å²) >= 11 is 1.64. The molecule has 12 heavy (non-hydrogen) atoms. The monoisotopic (exact) mass is 183 g/mol. The third-order valence-corrected chi connectivity index (χ3v) is 2.13. The molecule has 0 aliphatic heterocycles. The van der Waals surface area contributed by atoms with Crippen molar-refractivity contribution in [2.45, 2.75) is 11.8 Å². The van der Waals surface area contributed by atoms with Gasteiger partial charge in [0.05, 0.1) is 0 Å². The van der Waals surface area contributed by atoms with Gasteiger partial charge in [0.2, 0.25) is 0 Å². The number of carboxylic acids is 1. The summed E-state index contributed by atoms with van der Waals surface area (Å²) in [6.45, 7) is 2.04. The van der Waals surface area contributed by atoms with Crippen LogP contribution in [0.5, 0.6) is 0 Å². The van der Waals surface area contributed by atoms with Crippen molar-refractivity contribution in [1.82, 2.24) is 4.98 Å². The summed E-state index contributed by atoms with van der Waals surface area (Å²) in [5.74, 6) is -0.0169. The van der Waals surface area contributed by atoms with Gasteiger partial charge in [0.1, 0.15) is 5.69 Å². The normalized spacial score (nSPS) is 9.75. The molecule has 4 heteroatoms. The Bertz CT molecular complexity index is 271. The first-order valence-electron chi connectivity index (χ1n) is 3.56. The van der Waals surface area contributed by atoms with Gasteiger partial charge in [-0.1, -0.05) is 6.92 Å². The van der Waals surface area contributed by atoms with Crippen LogP contribution in [0.4, 0.5) is 0 Å². The molecule has 0 aliphatic rings. The Hall–Kier alpha value is -1.03. The van der Waals surface area contributed by atoms with Gasteiger partial charge < -0.3 is 5.11 Å². The molecule has 64 valence electrons. The molecule has 0 fully saturated rings. The largest absolute Gasteiger partial charge is 0.477 e. The number of hydrogen-bond acceptors (Lipinski definition) is 3. The number of aromatic carboxylic acids is 1. The van der Waals surface area contributed by atoms with Crippen molar-refractivity contribution in [1.29, 1.82) is 0 Å². The van der Waals surface area contributed by atoms with Crippen molar-refractivity contribution in [3.05, 3.63) is 24.0 Å². The number of thioether (sulfide) groups is 1. The first-order valence-corrected chi connectivity index (χ1v) is 4.54. The van der Waals surface area contributed by atoms with Crippen LogP contribution in [0.15, 0.2) is 23.2 Å². The van der Waals surface area contributed by atoms with Crippen molar-refractivity contribution in [3.63, 3.8) is 0 Å². The van der Waals surface area contributed by atoms with Crippen LogP contribution < -0.4 is 0 Å². The molecule has 1 rings (SSSR count). The predicted molar refractivity (Wildman–Crippen MR) is 47.6 cm³/mol. The molecule has 0 atom stereocenters. The molecular formula is C8H9NO2S. The predicted octanol–water partition coefficient (Wildman–Crippen LogP) is 1.89. The molecule has 3 nitrogen and oxygen atoms in total. The minimum absolute atomic E-state index is 0.0930. The van der Waals surface area contributed by atoms with E-state index in [1.807, 2.05) is 6.92 Å². The number of nitrogens with zero attached hydrogens (tertiary/aromatic N) is 1. The topological polar surface area (TPSA) is 50.2 Å². The minimum atomic E-state index is -0.983. The summed E-state index contributed by atoms with van der Waals surface area (Å²) in [6.07, 6.45) is 1.58. The molecule has 0 spiro atoms. The second-order valence-electron chi connectivity index (χ2n) is 2.12. The van der Waals surface area contributed by atoms with E-state index < -0.39 is 5.97 Å². The number of pyridine rings is 1. The van der Waals surface area contributed by atoms with Crippen LogP contribution in [0, 0.1) is 0 Å². The molecule has 0 aliphatic carbocycles. The molecule has 1 N–H and O–H groups in total. The Morgan fingerprint density at radius 3 is 2.83 bits per heavy atom. The molecule has 0 bridgehead atoms. The Kier molecular flexibility index (Phi) is 3.10. The zero-order valence-corrected chi connectivity index (χ0v) is 7.47. The molecule has 0 unspecified atom stereocenters. The van der Waals surface area contributed by atoms with Crippen molar-refractivity contribution in [3.8, 4) is 0 Å². The number of hydrogen-bond donors (Lipinski definition) is 1. The summed E-state index contributed by atoms with van der Waals surface area (Å²) in [5.41, 5.74) is 0.0930. The van der Waals surface area contributed by atoms with E-state index in [4.69, 9.17) is 5.11 Å². The summed E-state index contributed by atoms with van der Waals surface area (Å²) in [7, 11) is 0. The summed E-state index contributed by atoms with van der Waals surface area (Å²) in [4.78, 5) is 15.2. The van der Waals surface area contributed by atoms with Gasteiger partial charge in [-0.3, -0.25) is 0 Å². The van der Waals surface area contributed by atoms with E-state index in [0.717, 1.165) is 10.6 Å². The fourth-order valence-electron chi connectivity index (χ4n) is 0.759. The van der Waals surface area contributed by atoms with Crippen LogP contribution >= 0.6 is 11.8 Å². The van der Waals surface area contributed by atoms with Crippen LogP contribution in [-0.2, 0) is 0 Å². The molecular weight excluding hydrogens is 174 g/mol. The first kappa shape index (κ1) is 9.06. The molecule has 0 radical (unpaired) electrons. The maximum Gasteiger partial charge on any atom is 0.354 e. The van der Waals surface area contributed by atoms with Crippen LogP contribution in [-0.4, -0.2) is 21.8 Å². The lowest BCUT2D eigenvalue weighted by Gasteiger charge is -1.97. The van der Waals surface area contributed by atoms with Crippen LogP contribution in [0.25, 0.3) is 0 Å². The van der Waals surface area contributed by atoms with Crippen molar-refractivity contribution >= 4 is 17.7 Å². The van der Waals surface area contributed by atoms with Gasteiger partial charge in [-0.15, -0.1) is 11.8 Å². The number of aromatic nitrogens is 1. The maximum absolute atomic E-state index is 10.4. The standard InChI is InChI=1S/C8H9NO2S/c1-2-12-6-3-4-7(8(10)11)9-5-6/h3-5H,2H2,1H3,(H,10,11). The first-order chi connectivity index (χ1) is 5.74. The van der Waals surface area contributed by atoms with Gasteiger partial charge in [0.25, 0.3) is 0 Å². The summed E-state index contributed by atoms with van der Waals surface area (Å²) < 4.78 is 0. The Labute approximate surface area is 74.8 Å². The van der Waals surface area contributed by atoms with Crippen molar-refractivity contribution in [2.75, 3.05) is 5.75 Å². The van der Waals surface area contributed by atoms with E-state index in [-0.39, 0.29) is 5.69 Å². The zero-order chi connectivity index (χ0) is 8.97. The van der Waals surface area contributed by atoms with E-state index >= 15 is 0 Å². The lowest BCUT2D eigenvalue weighted by molar-refractivity contribution is 0.0690. The highest BCUT2D eigenvalue weighted by molar-refractivity contribution is 7.99. The quantitative estimate of drug-likeness (QED) is 0.727. The zero-order valence-electron chi connectivity index (χ0n) is 6.65. The van der Waals surface area contributed by atoms with Crippen LogP contribution in [0.1, 0.15) is 17.4 Å². The second-order valence-corrected chi connectivity index (χ2v) is 3.45. The van der Waals surface area contributed by atoms with E-state index in [2.05, 4.69) is 4.98 Å². The average Bonchev–Trinajstić information content (AvgIpc) is 2.06. The van der Waals surface area contributed by atoms with E-state index in [1.54, 1.807) is 24.0 Å². The van der Waals surface area contributed by atoms with Gasteiger partial charge in [0.15, 0.2) is 0 Å². The van der Waals surface area contributed by atoms with E-state index in [0.29, 0.717) is 0 Å². The Balaban J connectivity index is 2.78. The van der Waals surface area contributed by atoms with Gasteiger partial charge in [0, 0.05) is 11.1 Å². The van der Waals surface area contributed by atoms with Crippen molar-refractivity contribution < 1.29 is 9.90 Å². The molecule has 1 aromatic heterocycles. The second kappa shape index (κ2) is 4.11. The lowest BCUT2D eigenvalue weighted by Crippen LogP contribution is -1.98. The Morgan fingerprint density at radius 1 is 1.67 bits per heavy atom. The lowest BCUT2D eigenvalue weighted by atomic mass is 10.4. The third-order valence-electron chi connectivity index (χ3n) is 1.27. The van der Waals surface area contributed by atoms with Gasteiger partial charge in [-0.2, -0.15) is 0 Å². The van der Waals surface area contributed by atoms with Gasteiger partial charge in [-0.05, 0) is 17.9 Å². The highest BCUT2D eigenvalue weighted by Gasteiger charge is 2.02. The molecule has 0 amide bonds. The molecule has 0 aromatic carbocycles. The van der Waals surface area contributed by atoms with Gasteiger partial charge >= 0.3 is 5.97 Å². The maximum atomic E-state index is 10.4. The van der Waals surface area contributed by atoms with E-state index in [1.165, 1.54) is 6.07 Å². The fraction of sp³-hybridized carbons (Fsp3) is 0.250.